The monoisotopic (exact) mass is 848 g/mol. The largest absolute Gasteiger partial charge is 0.444 e. The maximum absolute atomic E-state index is 14.7. The van der Waals surface area contributed by atoms with E-state index in [0.717, 1.165) is 26.2 Å². The lowest BCUT2D eigenvalue weighted by Gasteiger charge is -2.36. The second-order valence-electron chi connectivity index (χ2n) is 17.6. The second kappa shape index (κ2) is 16.0. The predicted octanol–water partition coefficient (Wildman–Crippen LogP) is 7.15. The number of ether oxygens (including phenoxy) is 1. The first kappa shape index (κ1) is 42.8. The second-order valence-corrected chi connectivity index (χ2v) is 19.4. The SMILES string of the molecule is Cc1ccc(S(=O)(=O)n2c(-c3ccc(N4CCN(C(=O)OC(C)(C)C)CC4)nc3)cc3c(-c4ccc([C@@H](C)NC(=O)c5nc(C(C)(C)C)no5)c(C)c4)cn(C)c(=O)c32)cc1. The summed E-state index contributed by atoms with van der Waals surface area (Å²) in [6.07, 6.45) is 2.96. The van der Waals surface area contributed by atoms with E-state index in [9.17, 15) is 22.8 Å². The van der Waals surface area contributed by atoms with Crippen LogP contribution in [0.3, 0.4) is 0 Å². The highest BCUT2D eigenvalue weighted by Gasteiger charge is 2.30. The van der Waals surface area contributed by atoms with Gasteiger partial charge in [0.05, 0.1) is 16.6 Å². The minimum atomic E-state index is -4.32. The number of piperazine rings is 1. The highest BCUT2D eigenvalue weighted by molar-refractivity contribution is 7.90. The number of nitrogens with one attached hydrogen (secondary N) is 1. The van der Waals surface area contributed by atoms with E-state index in [2.05, 4.69) is 20.4 Å². The summed E-state index contributed by atoms with van der Waals surface area (Å²) in [5, 5.41) is 7.35. The average molecular weight is 849 g/mol. The van der Waals surface area contributed by atoms with Crippen molar-refractivity contribution in [2.45, 2.75) is 84.3 Å². The number of amides is 2. The van der Waals surface area contributed by atoms with Gasteiger partial charge < -0.3 is 28.9 Å². The number of fused-ring (bicyclic) bond motifs is 1. The Labute approximate surface area is 355 Å². The molecule has 1 atom stereocenters. The van der Waals surface area contributed by atoms with Crippen molar-refractivity contribution in [3.63, 3.8) is 0 Å². The molecule has 2 amide bonds. The van der Waals surface area contributed by atoms with Crippen LogP contribution in [0.1, 0.15) is 87.7 Å². The summed E-state index contributed by atoms with van der Waals surface area (Å²) in [5.74, 6) is 0.479. The Morgan fingerprint density at radius 3 is 2.16 bits per heavy atom. The molecule has 2 aromatic carbocycles. The van der Waals surface area contributed by atoms with Gasteiger partial charge >= 0.3 is 17.9 Å². The molecule has 4 aromatic heterocycles. The molecule has 61 heavy (non-hydrogen) atoms. The van der Waals surface area contributed by atoms with Crippen molar-refractivity contribution in [2.75, 3.05) is 31.1 Å². The van der Waals surface area contributed by atoms with Crippen LogP contribution in [-0.4, -0.2) is 80.8 Å². The molecule has 5 heterocycles. The third-order valence-electron chi connectivity index (χ3n) is 10.6. The number of aryl methyl sites for hydroxylation is 3. The zero-order chi connectivity index (χ0) is 44.2. The Bertz CT molecular complexity index is 2800. The van der Waals surface area contributed by atoms with Crippen LogP contribution in [0.15, 0.2) is 87.3 Å². The van der Waals surface area contributed by atoms with E-state index < -0.39 is 33.1 Å². The number of aromatic nitrogens is 5. The van der Waals surface area contributed by atoms with Gasteiger partial charge in [0, 0.05) is 67.5 Å². The van der Waals surface area contributed by atoms with Gasteiger partial charge in [-0.2, -0.15) is 4.98 Å². The molecule has 320 valence electrons. The molecule has 1 N–H and O–H groups in total. The molecule has 0 saturated carbocycles. The molecule has 1 aliphatic rings. The Kier molecular flexibility index (Phi) is 11.2. The van der Waals surface area contributed by atoms with Gasteiger partial charge in [0.25, 0.3) is 15.6 Å². The number of carbonyl (C=O) groups is 2. The lowest BCUT2D eigenvalue weighted by molar-refractivity contribution is 0.0240. The third-order valence-corrected chi connectivity index (χ3v) is 12.4. The van der Waals surface area contributed by atoms with Crippen molar-refractivity contribution in [3.05, 3.63) is 112 Å². The van der Waals surface area contributed by atoms with Crippen LogP contribution in [0, 0.1) is 13.8 Å². The van der Waals surface area contributed by atoms with E-state index in [4.69, 9.17) is 14.2 Å². The van der Waals surface area contributed by atoms with Crippen LogP contribution in [-0.2, 0) is 27.2 Å². The van der Waals surface area contributed by atoms with E-state index in [1.165, 1.54) is 16.7 Å². The van der Waals surface area contributed by atoms with Gasteiger partial charge in [-0.25, -0.2) is 22.2 Å². The lowest BCUT2D eigenvalue weighted by atomic mass is 9.95. The van der Waals surface area contributed by atoms with E-state index in [1.807, 2.05) is 86.6 Å². The number of benzene rings is 2. The van der Waals surface area contributed by atoms with Crippen molar-refractivity contribution < 1.29 is 27.3 Å². The minimum absolute atomic E-state index is 0.00513. The van der Waals surface area contributed by atoms with Gasteiger partial charge in [0.15, 0.2) is 5.82 Å². The van der Waals surface area contributed by atoms with E-state index in [1.54, 1.807) is 48.6 Å². The quantitative estimate of drug-likeness (QED) is 0.165. The number of pyridine rings is 2. The molecule has 1 fully saturated rings. The van der Waals surface area contributed by atoms with Crippen LogP contribution in [0.5, 0.6) is 0 Å². The standard InChI is InChI=1S/C45H52N8O7S/c1-27-11-15-32(16-12-27)61(57,58)53-36(31-14-18-37(46-25-31)51-19-21-52(22-20-51)43(56)59-45(7,8)9)24-34-35(26-50(10)41(55)38(34)53)30-13-17-33(28(2)23-30)29(3)47-39(54)40-48-42(49-60-40)44(4,5)6/h11-18,23-26,29H,19-22H2,1-10H3,(H,47,54)/t29-/m1/s1. The lowest BCUT2D eigenvalue weighted by Crippen LogP contribution is -2.50. The molecule has 1 saturated heterocycles. The van der Waals surface area contributed by atoms with Gasteiger partial charge in [-0.1, -0.05) is 61.8 Å². The molecular weight excluding hydrogens is 797 g/mol. The number of carbonyl (C=O) groups excluding carboxylic acids is 2. The highest BCUT2D eigenvalue weighted by atomic mass is 32.2. The first-order valence-corrected chi connectivity index (χ1v) is 21.6. The molecule has 16 heteroatoms. The van der Waals surface area contributed by atoms with Gasteiger partial charge in [0.2, 0.25) is 0 Å². The molecule has 0 aliphatic carbocycles. The molecule has 0 spiro atoms. The summed E-state index contributed by atoms with van der Waals surface area (Å²) in [4.78, 5) is 52.7. The van der Waals surface area contributed by atoms with Crippen LogP contribution >= 0.6 is 0 Å². The number of rotatable bonds is 8. The number of hydrogen-bond donors (Lipinski definition) is 1. The summed E-state index contributed by atoms with van der Waals surface area (Å²) in [6.45, 7) is 18.9. The molecule has 15 nitrogen and oxygen atoms in total. The predicted molar refractivity (Wildman–Crippen MR) is 233 cm³/mol. The Balaban J connectivity index is 1.26. The van der Waals surface area contributed by atoms with Crippen molar-refractivity contribution in [1.82, 2.24) is 33.9 Å². The molecule has 1 aliphatic heterocycles. The third kappa shape index (κ3) is 8.67. The van der Waals surface area contributed by atoms with Gasteiger partial charge in [-0.3, -0.25) is 9.59 Å². The Morgan fingerprint density at radius 1 is 0.902 bits per heavy atom. The molecular formula is C45H52N8O7S. The first-order chi connectivity index (χ1) is 28.6. The van der Waals surface area contributed by atoms with Gasteiger partial charge in [-0.05, 0) is 88.6 Å². The fraction of sp³-hybridized carbons (Fsp3) is 0.378. The van der Waals surface area contributed by atoms with Gasteiger partial charge in [0.1, 0.15) is 16.9 Å². The summed E-state index contributed by atoms with van der Waals surface area (Å²) in [7, 11) is -2.72. The minimum Gasteiger partial charge on any atom is -0.444 e. The van der Waals surface area contributed by atoms with E-state index in [0.29, 0.717) is 54.3 Å². The van der Waals surface area contributed by atoms with E-state index in [-0.39, 0.29) is 33.5 Å². The van der Waals surface area contributed by atoms with Crippen molar-refractivity contribution in [1.29, 1.82) is 0 Å². The zero-order valence-corrected chi connectivity index (χ0v) is 37.0. The summed E-state index contributed by atoms with van der Waals surface area (Å²) < 4.78 is 42.8. The van der Waals surface area contributed by atoms with Gasteiger partial charge in [-0.15, -0.1) is 0 Å². The van der Waals surface area contributed by atoms with Crippen molar-refractivity contribution in [3.8, 4) is 22.4 Å². The van der Waals surface area contributed by atoms with Crippen molar-refractivity contribution in [2.24, 2.45) is 7.05 Å². The number of anilines is 1. The van der Waals surface area contributed by atoms with Crippen molar-refractivity contribution >= 4 is 38.7 Å². The average Bonchev–Trinajstić information content (AvgIpc) is 3.87. The fourth-order valence-corrected chi connectivity index (χ4v) is 8.87. The number of hydrogen-bond acceptors (Lipinski definition) is 11. The van der Waals surface area contributed by atoms with Crippen LogP contribution in [0.2, 0.25) is 0 Å². The zero-order valence-electron chi connectivity index (χ0n) is 36.2. The first-order valence-electron chi connectivity index (χ1n) is 20.1. The molecule has 6 aromatic rings. The highest BCUT2D eigenvalue weighted by Crippen LogP contribution is 2.37. The van der Waals surface area contributed by atoms with Crippen LogP contribution in [0.25, 0.3) is 33.3 Å². The topological polar surface area (TPSA) is 175 Å². The smallest absolute Gasteiger partial charge is 0.410 e. The molecule has 0 bridgehead atoms. The summed E-state index contributed by atoms with van der Waals surface area (Å²) >= 11 is 0. The molecule has 0 unspecified atom stereocenters. The summed E-state index contributed by atoms with van der Waals surface area (Å²) in [6, 6.07) is 17.2. The Hall–Kier alpha value is -6.29. The Morgan fingerprint density at radius 2 is 1.57 bits per heavy atom. The number of nitrogens with zero attached hydrogens (tertiary/aromatic N) is 7. The summed E-state index contributed by atoms with van der Waals surface area (Å²) in [5.41, 5.74) is 3.24. The van der Waals surface area contributed by atoms with Crippen LogP contribution in [0.4, 0.5) is 10.6 Å². The molecule has 7 rings (SSSR count). The van der Waals surface area contributed by atoms with E-state index >= 15 is 0 Å². The fourth-order valence-electron chi connectivity index (χ4n) is 7.34. The molecule has 0 radical (unpaired) electrons. The van der Waals surface area contributed by atoms with Crippen LogP contribution < -0.4 is 15.8 Å². The maximum Gasteiger partial charge on any atom is 0.410 e. The normalized spacial score (nSPS) is 14.3. The maximum atomic E-state index is 14.7.